The van der Waals surface area contributed by atoms with E-state index in [0.717, 1.165) is 44.0 Å². The first-order valence-electron chi connectivity index (χ1n) is 8.00. The van der Waals surface area contributed by atoms with E-state index < -0.39 is 0 Å². The zero-order valence-corrected chi connectivity index (χ0v) is 13.5. The number of carbonyl (C=O) groups excluding carboxylic acids is 1. The van der Waals surface area contributed by atoms with Crippen LogP contribution in [0.1, 0.15) is 19.8 Å². The highest BCUT2D eigenvalue weighted by Gasteiger charge is 2.29. The molecule has 0 aliphatic carbocycles. The summed E-state index contributed by atoms with van der Waals surface area (Å²) in [5.41, 5.74) is 0. The standard InChI is InChI=1S/C17H25NO4/c1-3-21-17(19)14-6-5-9-18(13-14)10-11-22-16-8-4-7-15(12-16)20-2/h4,7-8,12,14H,3,5-6,9-11,13H2,1-2H3/p+1/t14-/m0/s1. The van der Waals surface area contributed by atoms with Crippen LogP contribution in [0.3, 0.4) is 0 Å². The van der Waals surface area contributed by atoms with Crippen LogP contribution in [0.15, 0.2) is 24.3 Å². The molecule has 0 amide bonds. The van der Waals surface area contributed by atoms with Crippen molar-refractivity contribution in [1.82, 2.24) is 0 Å². The molecule has 22 heavy (non-hydrogen) atoms. The van der Waals surface area contributed by atoms with Gasteiger partial charge in [0.1, 0.15) is 30.6 Å². The van der Waals surface area contributed by atoms with Crippen LogP contribution in [-0.4, -0.2) is 45.9 Å². The van der Waals surface area contributed by atoms with Crippen LogP contribution in [-0.2, 0) is 9.53 Å². The highest BCUT2D eigenvalue weighted by molar-refractivity contribution is 5.72. The number of nitrogens with one attached hydrogen (secondary N) is 1. The number of hydrogen-bond donors (Lipinski definition) is 1. The van der Waals surface area contributed by atoms with Crippen molar-refractivity contribution in [1.29, 1.82) is 0 Å². The molecular weight excluding hydrogens is 282 g/mol. The zero-order valence-electron chi connectivity index (χ0n) is 13.5. The predicted octanol–water partition coefficient (Wildman–Crippen LogP) is 0.932. The smallest absolute Gasteiger partial charge is 0.314 e. The molecule has 0 radical (unpaired) electrons. The second-order valence-electron chi connectivity index (χ2n) is 5.57. The summed E-state index contributed by atoms with van der Waals surface area (Å²) in [6.45, 7) is 5.79. The molecule has 1 unspecified atom stereocenters. The number of methoxy groups -OCH3 is 1. The van der Waals surface area contributed by atoms with E-state index in [1.54, 1.807) is 7.11 Å². The summed E-state index contributed by atoms with van der Waals surface area (Å²) in [7, 11) is 1.65. The lowest BCUT2D eigenvalue weighted by Crippen LogP contribution is -3.14. The first-order valence-corrected chi connectivity index (χ1v) is 8.00. The SMILES string of the molecule is CCOC(=O)[C@H]1CCC[NH+](CCOc2cccc(OC)c2)C1. The van der Waals surface area contributed by atoms with Gasteiger partial charge in [0.05, 0.1) is 26.8 Å². The Morgan fingerprint density at radius 1 is 1.36 bits per heavy atom. The minimum Gasteiger partial charge on any atom is -0.497 e. The van der Waals surface area contributed by atoms with Gasteiger partial charge in [-0.05, 0) is 31.9 Å². The Morgan fingerprint density at radius 3 is 2.95 bits per heavy atom. The quantitative estimate of drug-likeness (QED) is 0.762. The molecule has 1 aliphatic heterocycles. The Kier molecular flexibility index (Phi) is 6.52. The van der Waals surface area contributed by atoms with Crippen molar-refractivity contribution in [3.8, 4) is 11.5 Å². The fraction of sp³-hybridized carbons (Fsp3) is 0.588. The molecule has 0 spiro atoms. The van der Waals surface area contributed by atoms with E-state index in [1.807, 2.05) is 31.2 Å². The molecule has 0 aromatic heterocycles. The molecule has 1 saturated heterocycles. The van der Waals surface area contributed by atoms with Crippen LogP contribution < -0.4 is 14.4 Å². The Morgan fingerprint density at radius 2 is 2.18 bits per heavy atom. The monoisotopic (exact) mass is 308 g/mol. The highest BCUT2D eigenvalue weighted by atomic mass is 16.5. The van der Waals surface area contributed by atoms with Crippen LogP contribution in [0, 0.1) is 5.92 Å². The van der Waals surface area contributed by atoms with Crippen LogP contribution in [0.4, 0.5) is 0 Å². The molecule has 5 heteroatoms. The molecule has 1 heterocycles. The van der Waals surface area contributed by atoms with Crippen LogP contribution in [0.2, 0.25) is 0 Å². The Bertz CT molecular complexity index is 477. The molecule has 1 fully saturated rings. The molecule has 0 saturated carbocycles. The fourth-order valence-corrected chi connectivity index (χ4v) is 2.84. The molecular formula is C17H26NO4+. The summed E-state index contributed by atoms with van der Waals surface area (Å²) in [5.74, 6) is 1.61. The average Bonchev–Trinajstić information content (AvgIpc) is 2.55. The summed E-state index contributed by atoms with van der Waals surface area (Å²) < 4.78 is 16.1. The number of piperidine rings is 1. The molecule has 5 nitrogen and oxygen atoms in total. The van der Waals surface area contributed by atoms with Crippen molar-refractivity contribution in [3.05, 3.63) is 24.3 Å². The van der Waals surface area contributed by atoms with Gasteiger partial charge in [0.15, 0.2) is 0 Å². The zero-order chi connectivity index (χ0) is 15.8. The maximum atomic E-state index is 11.8. The molecule has 2 rings (SSSR count). The fourth-order valence-electron chi connectivity index (χ4n) is 2.84. The Hall–Kier alpha value is -1.75. The minimum atomic E-state index is -0.0478. The van der Waals surface area contributed by atoms with Crippen LogP contribution in [0.5, 0.6) is 11.5 Å². The van der Waals surface area contributed by atoms with E-state index in [2.05, 4.69) is 0 Å². The van der Waals surface area contributed by atoms with Gasteiger partial charge in [-0.2, -0.15) is 0 Å². The summed E-state index contributed by atoms with van der Waals surface area (Å²) in [6.07, 6.45) is 2.01. The average molecular weight is 308 g/mol. The van der Waals surface area contributed by atoms with Gasteiger partial charge in [0.2, 0.25) is 0 Å². The number of likely N-dealkylation sites (tertiary alicyclic amines) is 1. The molecule has 1 aromatic rings. The lowest BCUT2D eigenvalue weighted by Gasteiger charge is -2.28. The third-order valence-corrected chi connectivity index (χ3v) is 4.00. The molecule has 1 N–H and O–H groups in total. The normalized spacial score (nSPS) is 21.2. The summed E-state index contributed by atoms with van der Waals surface area (Å²) >= 11 is 0. The highest BCUT2D eigenvalue weighted by Crippen LogP contribution is 2.18. The van der Waals surface area contributed by atoms with E-state index in [-0.39, 0.29) is 11.9 Å². The number of hydrogen-bond acceptors (Lipinski definition) is 4. The van der Waals surface area contributed by atoms with Gasteiger partial charge in [-0.1, -0.05) is 6.07 Å². The number of carbonyl (C=O) groups is 1. The number of benzene rings is 1. The third-order valence-electron chi connectivity index (χ3n) is 4.00. The van der Waals surface area contributed by atoms with E-state index in [0.29, 0.717) is 13.2 Å². The second-order valence-corrected chi connectivity index (χ2v) is 5.57. The van der Waals surface area contributed by atoms with Gasteiger partial charge < -0.3 is 19.1 Å². The molecule has 2 atom stereocenters. The van der Waals surface area contributed by atoms with E-state index in [1.165, 1.54) is 4.90 Å². The van der Waals surface area contributed by atoms with Gasteiger partial charge >= 0.3 is 5.97 Å². The Labute approximate surface area is 132 Å². The number of quaternary nitrogens is 1. The van der Waals surface area contributed by atoms with Crippen molar-refractivity contribution >= 4 is 5.97 Å². The predicted molar refractivity (Wildman–Crippen MR) is 83.4 cm³/mol. The van der Waals surface area contributed by atoms with E-state index >= 15 is 0 Å². The second kappa shape index (κ2) is 8.63. The van der Waals surface area contributed by atoms with Crippen LogP contribution >= 0.6 is 0 Å². The minimum absolute atomic E-state index is 0.0421. The van der Waals surface area contributed by atoms with Crippen LogP contribution in [0.25, 0.3) is 0 Å². The van der Waals surface area contributed by atoms with E-state index in [4.69, 9.17) is 14.2 Å². The van der Waals surface area contributed by atoms with Crippen molar-refractivity contribution in [2.45, 2.75) is 19.8 Å². The van der Waals surface area contributed by atoms with Gasteiger partial charge in [0, 0.05) is 6.07 Å². The largest absolute Gasteiger partial charge is 0.497 e. The van der Waals surface area contributed by atoms with Gasteiger partial charge in [-0.25, -0.2) is 0 Å². The summed E-state index contributed by atoms with van der Waals surface area (Å²) in [5, 5.41) is 0. The van der Waals surface area contributed by atoms with Gasteiger partial charge in [0.25, 0.3) is 0 Å². The molecule has 0 bridgehead atoms. The van der Waals surface area contributed by atoms with Crippen molar-refractivity contribution in [2.75, 3.05) is 40.0 Å². The number of rotatable bonds is 7. The molecule has 1 aliphatic rings. The summed E-state index contributed by atoms with van der Waals surface area (Å²) in [4.78, 5) is 13.2. The van der Waals surface area contributed by atoms with Crippen molar-refractivity contribution in [2.24, 2.45) is 5.92 Å². The lowest BCUT2D eigenvalue weighted by atomic mass is 9.98. The maximum Gasteiger partial charge on any atom is 0.314 e. The molecule has 122 valence electrons. The third kappa shape index (κ3) is 4.91. The van der Waals surface area contributed by atoms with E-state index in [9.17, 15) is 4.79 Å². The topological polar surface area (TPSA) is 49.2 Å². The van der Waals surface area contributed by atoms with Gasteiger partial charge in [-0.15, -0.1) is 0 Å². The van der Waals surface area contributed by atoms with Gasteiger partial charge in [-0.3, -0.25) is 4.79 Å². The Balaban J connectivity index is 1.75. The van der Waals surface area contributed by atoms with Crippen molar-refractivity contribution < 1.29 is 23.9 Å². The first kappa shape index (κ1) is 16.6. The van der Waals surface area contributed by atoms with Crippen molar-refractivity contribution in [3.63, 3.8) is 0 Å². The lowest BCUT2D eigenvalue weighted by molar-refractivity contribution is -0.907. The first-order chi connectivity index (χ1) is 10.7. The number of esters is 1. The maximum absolute atomic E-state index is 11.8. The molecule has 1 aromatic carbocycles. The number of ether oxygens (including phenoxy) is 3. The summed E-state index contributed by atoms with van der Waals surface area (Å²) in [6, 6.07) is 7.62.